The fraction of sp³-hybridized carbons (Fsp3) is 0.143. The molecule has 2 aromatic rings. The molecule has 0 saturated carbocycles. The highest BCUT2D eigenvalue weighted by Crippen LogP contribution is 2.35. The maximum Gasteiger partial charge on any atom is 0.268 e. The normalized spacial score (nSPS) is 11.7. The Labute approximate surface area is 142 Å². The van der Waals surface area contributed by atoms with E-state index in [1.165, 1.54) is 4.72 Å². The molecule has 0 heterocycles. The lowest BCUT2D eigenvalue weighted by Gasteiger charge is -2.15. The van der Waals surface area contributed by atoms with E-state index in [2.05, 4.69) is 4.74 Å². The quantitative estimate of drug-likeness (QED) is 0.464. The van der Waals surface area contributed by atoms with Gasteiger partial charge >= 0.3 is 0 Å². The number of benzene rings is 2. The molecule has 2 aromatic carbocycles. The molecule has 0 aliphatic heterocycles. The third kappa shape index (κ3) is 3.41. The van der Waals surface area contributed by atoms with Crippen LogP contribution in [0.4, 0.5) is 36.4 Å². The molecule has 0 saturated heterocycles. The first-order valence-electron chi connectivity index (χ1n) is 6.51. The molecule has 0 unspecified atom stereocenters. The molecule has 26 heavy (non-hydrogen) atoms. The van der Waals surface area contributed by atoms with Crippen LogP contribution in [-0.2, 0) is 10.0 Å². The molecular weight excluding hydrogens is 395 g/mol. The number of alkyl halides is 2. The molecule has 0 atom stereocenters. The molecule has 4 nitrogen and oxygen atoms in total. The van der Waals surface area contributed by atoms with Gasteiger partial charge in [-0.05, 0) is 12.1 Å². The first kappa shape index (κ1) is 19.8. The Balaban J connectivity index is 2.64. The highest BCUT2D eigenvalue weighted by molar-refractivity contribution is 7.92. The van der Waals surface area contributed by atoms with Crippen molar-refractivity contribution in [3.8, 4) is 5.75 Å². The minimum atomic E-state index is -5.38. The standard InChI is InChI=1S/C14H8F7NO3S/c1-25-7-3-2-5(4-6(7)15)22-26(23,24)13-8(14(20)21)9(16)10(17)11(18)12(13)19/h2-4,14,22H,1H3. The number of rotatable bonds is 5. The second-order valence-corrected chi connectivity index (χ2v) is 6.37. The van der Waals surface area contributed by atoms with Gasteiger partial charge in [-0.1, -0.05) is 0 Å². The van der Waals surface area contributed by atoms with Crippen molar-refractivity contribution in [3.05, 3.63) is 52.8 Å². The first-order valence-corrected chi connectivity index (χ1v) is 8.00. The molecule has 12 heteroatoms. The molecule has 142 valence electrons. The second kappa shape index (κ2) is 7.02. The Morgan fingerprint density at radius 3 is 2.04 bits per heavy atom. The van der Waals surface area contributed by atoms with Crippen LogP contribution in [0.15, 0.2) is 23.1 Å². The number of nitrogens with one attached hydrogen (secondary N) is 1. The number of anilines is 1. The minimum Gasteiger partial charge on any atom is -0.494 e. The summed E-state index contributed by atoms with van der Waals surface area (Å²) >= 11 is 0. The van der Waals surface area contributed by atoms with E-state index >= 15 is 0 Å². The predicted molar refractivity (Wildman–Crippen MR) is 75.0 cm³/mol. The molecule has 0 radical (unpaired) electrons. The zero-order chi connectivity index (χ0) is 19.8. The van der Waals surface area contributed by atoms with Gasteiger partial charge in [0.05, 0.1) is 18.4 Å². The average molecular weight is 403 g/mol. The average Bonchev–Trinajstić information content (AvgIpc) is 2.55. The van der Waals surface area contributed by atoms with E-state index in [4.69, 9.17) is 0 Å². The van der Waals surface area contributed by atoms with Crippen molar-refractivity contribution in [2.24, 2.45) is 0 Å². The molecule has 0 aliphatic rings. The lowest BCUT2D eigenvalue weighted by Crippen LogP contribution is -2.20. The van der Waals surface area contributed by atoms with Gasteiger partial charge in [0.25, 0.3) is 16.4 Å². The summed E-state index contributed by atoms with van der Waals surface area (Å²) in [6.07, 6.45) is -3.99. The minimum absolute atomic E-state index is 0.300. The van der Waals surface area contributed by atoms with Crippen LogP contribution in [0, 0.1) is 29.1 Å². The maximum atomic E-state index is 13.8. The van der Waals surface area contributed by atoms with E-state index in [1.54, 1.807) is 0 Å². The van der Waals surface area contributed by atoms with E-state index < -0.39 is 61.7 Å². The van der Waals surface area contributed by atoms with Crippen molar-refractivity contribution in [1.82, 2.24) is 0 Å². The van der Waals surface area contributed by atoms with Crippen LogP contribution in [0.2, 0.25) is 0 Å². The van der Waals surface area contributed by atoms with Crippen molar-refractivity contribution >= 4 is 15.7 Å². The first-order chi connectivity index (χ1) is 12.0. The Hall–Kier alpha value is -2.50. The summed E-state index contributed by atoms with van der Waals surface area (Å²) in [7, 11) is -4.27. The number of hydrogen-bond acceptors (Lipinski definition) is 3. The highest BCUT2D eigenvalue weighted by Gasteiger charge is 2.36. The molecule has 0 fully saturated rings. The summed E-state index contributed by atoms with van der Waals surface area (Å²) in [6.45, 7) is 0. The van der Waals surface area contributed by atoms with Gasteiger partial charge in [0.15, 0.2) is 34.8 Å². The Morgan fingerprint density at radius 1 is 0.962 bits per heavy atom. The zero-order valence-electron chi connectivity index (χ0n) is 12.6. The summed E-state index contributed by atoms with van der Waals surface area (Å²) in [6, 6.07) is 2.41. The second-order valence-electron chi connectivity index (χ2n) is 4.75. The van der Waals surface area contributed by atoms with E-state index in [0.717, 1.165) is 19.2 Å². The van der Waals surface area contributed by atoms with E-state index in [1.807, 2.05) is 0 Å². The summed E-state index contributed by atoms with van der Waals surface area (Å²) < 4.78 is 124. The molecule has 1 N–H and O–H groups in total. The van der Waals surface area contributed by atoms with Crippen LogP contribution in [-0.4, -0.2) is 15.5 Å². The van der Waals surface area contributed by atoms with Crippen LogP contribution in [0.5, 0.6) is 5.75 Å². The number of methoxy groups -OCH3 is 1. The van der Waals surface area contributed by atoms with Crippen LogP contribution < -0.4 is 9.46 Å². The summed E-state index contributed by atoms with van der Waals surface area (Å²) in [5, 5.41) is 0. The monoisotopic (exact) mass is 403 g/mol. The molecule has 0 amide bonds. The van der Waals surface area contributed by atoms with Crippen molar-refractivity contribution in [3.63, 3.8) is 0 Å². The van der Waals surface area contributed by atoms with E-state index in [9.17, 15) is 39.2 Å². The molecule has 2 rings (SSSR count). The summed E-state index contributed by atoms with van der Waals surface area (Å²) in [5.74, 6) is -11.6. The van der Waals surface area contributed by atoms with Gasteiger partial charge in [0, 0.05) is 6.07 Å². The van der Waals surface area contributed by atoms with Gasteiger partial charge in [0.2, 0.25) is 0 Å². The maximum absolute atomic E-state index is 13.8. The van der Waals surface area contributed by atoms with Crippen LogP contribution >= 0.6 is 0 Å². The van der Waals surface area contributed by atoms with Crippen LogP contribution in [0.1, 0.15) is 12.0 Å². The van der Waals surface area contributed by atoms with Gasteiger partial charge in [0.1, 0.15) is 4.90 Å². The number of halogens is 7. The third-order valence-corrected chi connectivity index (χ3v) is 4.59. The van der Waals surface area contributed by atoms with E-state index in [0.29, 0.717) is 6.07 Å². The van der Waals surface area contributed by atoms with Gasteiger partial charge in [-0.25, -0.2) is 39.2 Å². The fourth-order valence-electron chi connectivity index (χ4n) is 2.02. The molecule has 0 aliphatic carbocycles. The van der Waals surface area contributed by atoms with Gasteiger partial charge < -0.3 is 4.74 Å². The topological polar surface area (TPSA) is 55.4 Å². The van der Waals surface area contributed by atoms with E-state index in [-0.39, 0.29) is 5.75 Å². The summed E-state index contributed by atoms with van der Waals surface area (Å²) in [4.78, 5) is -2.12. The van der Waals surface area contributed by atoms with Crippen molar-refractivity contribution in [1.29, 1.82) is 0 Å². The van der Waals surface area contributed by atoms with Crippen molar-refractivity contribution in [2.45, 2.75) is 11.3 Å². The van der Waals surface area contributed by atoms with Gasteiger partial charge in [-0.3, -0.25) is 4.72 Å². The predicted octanol–water partition coefficient (Wildman–Crippen LogP) is 4.13. The number of sulfonamides is 1. The Morgan fingerprint density at radius 2 is 1.54 bits per heavy atom. The molecule has 0 bridgehead atoms. The Kier molecular flexibility index (Phi) is 5.35. The fourth-order valence-corrected chi connectivity index (χ4v) is 3.36. The van der Waals surface area contributed by atoms with Gasteiger partial charge in [-0.15, -0.1) is 0 Å². The van der Waals surface area contributed by atoms with Crippen molar-refractivity contribution in [2.75, 3.05) is 11.8 Å². The SMILES string of the molecule is COc1ccc(NS(=O)(=O)c2c(F)c(F)c(F)c(F)c2C(F)F)cc1F. The zero-order valence-corrected chi connectivity index (χ0v) is 13.4. The van der Waals surface area contributed by atoms with Crippen LogP contribution in [0.25, 0.3) is 0 Å². The summed E-state index contributed by atoms with van der Waals surface area (Å²) in [5.41, 5.74) is -2.78. The lowest BCUT2D eigenvalue weighted by atomic mass is 10.2. The number of hydrogen-bond donors (Lipinski definition) is 1. The van der Waals surface area contributed by atoms with Crippen molar-refractivity contribution < 1.29 is 43.9 Å². The highest BCUT2D eigenvalue weighted by atomic mass is 32.2. The number of ether oxygens (including phenoxy) is 1. The lowest BCUT2D eigenvalue weighted by molar-refractivity contribution is 0.139. The molecular formula is C14H8F7NO3S. The third-order valence-electron chi connectivity index (χ3n) is 3.15. The Bertz CT molecular complexity index is 964. The van der Waals surface area contributed by atoms with Crippen LogP contribution in [0.3, 0.4) is 0 Å². The smallest absolute Gasteiger partial charge is 0.268 e. The molecule has 0 spiro atoms. The van der Waals surface area contributed by atoms with Gasteiger partial charge in [-0.2, -0.15) is 0 Å². The largest absolute Gasteiger partial charge is 0.494 e. The molecule has 0 aromatic heterocycles.